The molecule has 0 amide bonds. The molecule has 0 radical (unpaired) electrons. The van der Waals surface area contributed by atoms with Crippen molar-refractivity contribution in [3.8, 4) is 0 Å². The van der Waals surface area contributed by atoms with Crippen LogP contribution in [0, 0.1) is 6.92 Å². The van der Waals surface area contributed by atoms with Crippen molar-refractivity contribution in [3.05, 3.63) is 29.1 Å². The fourth-order valence-electron chi connectivity index (χ4n) is 1.12. The highest BCUT2D eigenvalue weighted by atomic mass is 19.3. The summed E-state index contributed by atoms with van der Waals surface area (Å²) in [6.45, 7) is 3.45. The van der Waals surface area contributed by atoms with Crippen LogP contribution in [0.2, 0.25) is 0 Å². The van der Waals surface area contributed by atoms with Gasteiger partial charge in [-0.25, -0.2) is 18.6 Å². The van der Waals surface area contributed by atoms with Gasteiger partial charge in [-0.2, -0.15) is 0 Å². The van der Waals surface area contributed by atoms with E-state index in [9.17, 15) is 13.6 Å². The lowest BCUT2D eigenvalue weighted by Gasteiger charge is -2.05. The predicted molar refractivity (Wildman–Crippen MR) is 49.9 cm³/mol. The number of carbonyl (C=O) groups is 1. The summed E-state index contributed by atoms with van der Waals surface area (Å²) in [7, 11) is 0. The first-order chi connectivity index (χ1) is 7.04. The van der Waals surface area contributed by atoms with Crippen LogP contribution in [0.25, 0.3) is 0 Å². The highest BCUT2D eigenvalue weighted by Gasteiger charge is 2.15. The highest BCUT2D eigenvalue weighted by molar-refractivity contribution is 5.87. The number of pyridine rings is 1. The Balaban J connectivity index is 3.03. The van der Waals surface area contributed by atoms with E-state index in [-0.39, 0.29) is 12.3 Å². The molecule has 0 aromatic carbocycles. The van der Waals surface area contributed by atoms with Crippen LogP contribution in [-0.4, -0.2) is 17.6 Å². The van der Waals surface area contributed by atoms with Crippen molar-refractivity contribution in [2.45, 2.75) is 20.3 Å². The zero-order valence-electron chi connectivity index (χ0n) is 8.46. The largest absolute Gasteiger partial charge is 0.461 e. The molecule has 0 aliphatic rings. The van der Waals surface area contributed by atoms with E-state index in [1.165, 1.54) is 12.1 Å². The number of nitrogens with zero attached hydrogens (tertiary/aromatic N) is 1. The Morgan fingerprint density at radius 2 is 2.20 bits per heavy atom. The van der Waals surface area contributed by atoms with E-state index in [1.807, 2.05) is 0 Å². The van der Waals surface area contributed by atoms with Crippen LogP contribution in [0.15, 0.2) is 12.1 Å². The Bertz CT molecular complexity index is 366. The maximum absolute atomic E-state index is 12.4. The van der Waals surface area contributed by atoms with Gasteiger partial charge in [0, 0.05) is 0 Å². The number of alkyl halides is 2. The molecule has 1 aromatic heterocycles. The molecule has 0 saturated carbocycles. The number of ether oxygens (including phenoxy) is 1. The Hall–Kier alpha value is -1.52. The standard InChI is InChI=1S/C10H11F2NO2/c1-3-15-10(14)8-5-6(2)4-7(13-8)9(11)12/h4-5,9H,3H2,1-2H3. The number of aryl methyl sites for hydroxylation is 1. The molecule has 5 heteroatoms. The SMILES string of the molecule is CCOC(=O)c1cc(C)cc(C(F)F)n1. The van der Waals surface area contributed by atoms with Crippen LogP contribution in [0.5, 0.6) is 0 Å². The minimum atomic E-state index is -2.68. The van der Waals surface area contributed by atoms with Crippen molar-refractivity contribution in [2.24, 2.45) is 0 Å². The summed E-state index contributed by atoms with van der Waals surface area (Å²) >= 11 is 0. The monoisotopic (exact) mass is 215 g/mol. The smallest absolute Gasteiger partial charge is 0.356 e. The van der Waals surface area contributed by atoms with Crippen LogP contribution in [0.4, 0.5) is 8.78 Å². The molecule has 3 nitrogen and oxygen atoms in total. The lowest BCUT2D eigenvalue weighted by atomic mass is 10.2. The summed E-state index contributed by atoms with van der Waals surface area (Å²) < 4.78 is 29.4. The second-order valence-electron chi connectivity index (χ2n) is 2.98. The van der Waals surface area contributed by atoms with Crippen LogP contribution in [0.3, 0.4) is 0 Å². The molecular formula is C10H11F2NO2. The maximum Gasteiger partial charge on any atom is 0.356 e. The molecule has 1 heterocycles. The van der Waals surface area contributed by atoms with Crippen molar-refractivity contribution in [1.82, 2.24) is 4.98 Å². The third-order valence-corrected chi connectivity index (χ3v) is 1.70. The van der Waals surface area contributed by atoms with Gasteiger partial charge < -0.3 is 4.74 Å². The highest BCUT2D eigenvalue weighted by Crippen LogP contribution is 2.18. The number of esters is 1. The average Bonchev–Trinajstić information content (AvgIpc) is 2.17. The summed E-state index contributed by atoms with van der Waals surface area (Å²) in [6.07, 6.45) is -2.68. The van der Waals surface area contributed by atoms with Crippen molar-refractivity contribution < 1.29 is 18.3 Å². The van der Waals surface area contributed by atoms with Crippen molar-refractivity contribution >= 4 is 5.97 Å². The van der Waals surface area contributed by atoms with Gasteiger partial charge in [0.15, 0.2) is 0 Å². The molecular weight excluding hydrogens is 204 g/mol. The first-order valence-corrected chi connectivity index (χ1v) is 4.48. The maximum atomic E-state index is 12.4. The van der Waals surface area contributed by atoms with Gasteiger partial charge in [-0.05, 0) is 31.5 Å². The van der Waals surface area contributed by atoms with Gasteiger partial charge in [0.1, 0.15) is 11.4 Å². The Kier molecular flexibility index (Phi) is 3.71. The molecule has 0 saturated heterocycles. The summed E-state index contributed by atoms with van der Waals surface area (Å²) in [5.74, 6) is -0.678. The van der Waals surface area contributed by atoms with E-state index in [0.29, 0.717) is 5.56 Å². The second kappa shape index (κ2) is 4.82. The first kappa shape index (κ1) is 11.6. The van der Waals surface area contributed by atoms with E-state index in [0.717, 1.165) is 0 Å². The quantitative estimate of drug-likeness (QED) is 0.727. The molecule has 0 N–H and O–H groups in total. The molecule has 1 rings (SSSR count). The minimum absolute atomic E-state index is 0.0767. The van der Waals surface area contributed by atoms with Gasteiger partial charge in [0.05, 0.1) is 6.61 Å². The Morgan fingerprint density at radius 3 is 2.73 bits per heavy atom. The van der Waals surface area contributed by atoms with Gasteiger partial charge in [-0.3, -0.25) is 0 Å². The zero-order chi connectivity index (χ0) is 11.4. The molecule has 0 aliphatic heterocycles. The van der Waals surface area contributed by atoms with Crippen molar-refractivity contribution in [2.75, 3.05) is 6.61 Å². The Labute approximate surface area is 86.1 Å². The molecule has 0 spiro atoms. The molecule has 1 aromatic rings. The lowest BCUT2D eigenvalue weighted by molar-refractivity contribution is 0.0517. The van der Waals surface area contributed by atoms with E-state index >= 15 is 0 Å². The molecule has 0 bridgehead atoms. The fourth-order valence-corrected chi connectivity index (χ4v) is 1.12. The number of hydrogen-bond acceptors (Lipinski definition) is 3. The average molecular weight is 215 g/mol. The van der Waals surface area contributed by atoms with Gasteiger partial charge in [-0.1, -0.05) is 0 Å². The van der Waals surface area contributed by atoms with Crippen molar-refractivity contribution in [1.29, 1.82) is 0 Å². The van der Waals surface area contributed by atoms with Gasteiger partial charge in [-0.15, -0.1) is 0 Å². The van der Waals surface area contributed by atoms with Crippen LogP contribution in [0.1, 0.15) is 35.1 Å². The number of carbonyl (C=O) groups excluding carboxylic acids is 1. The zero-order valence-corrected chi connectivity index (χ0v) is 8.46. The molecule has 82 valence electrons. The summed E-state index contributed by atoms with van der Waals surface area (Å²) in [4.78, 5) is 14.8. The first-order valence-electron chi connectivity index (χ1n) is 4.48. The molecule has 15 heavy (non-hydrogen) atoms. The topological polar surface area (TPSA) is 39.2 Å². The van der Waals surface area contributed by atoms with Gasteiger partial charge in [0.25, 0.3) is 6.43 Å². The summed E-state index contributed by atoms with van der Waals surface area (Å²) in [5.41, 5.74) is 0.0774. The molecule has 0 aliphatic carbocycles. The second-order valence-corrected chi connectivity index (χ2v) is 2.98. The lowest BCUT2D eigenvalue weighted by Crippen LogP contribution is -2.09. The normalized spacial score (nSPS) is 10.5. The number of rotatable bonds is 3. The van der Waals surface area contributed by atoms with Gasteiger partial charge >= 0.3 is 5.97 Å². The third kappa shape index (κ3) is 2.97. The fraction of sp³-hybridized carbons (Fsp3) is 0.400. The number of hydrogen-bond donors (Lipinski definition) is 0. The van der Waals surface area contributed by atoms with E-state index in [4.69, 9.17) is 0 Å². The van der Waals surface area contributed by atoms with Crippen LogP contribution < -0.4 is 0 Å². The van der Waals surface area contributed by atoms with E-state index in [1.54, 1.807) is 13.8 Å². The third-order valence-electron chi connectivity index (χ3n) is 1.70. The molecule has 0 atom stereocenters. The predicted octanol–water partition coefficient (Wildman–Crippen LogP) is 2.50. The molecule has 0 unspecified atom stereocenters. The summed E-state index contributed by atoms with van der Waals surface area (Å²) in [6, 6.07) is 2.66. The minimum Gasteiger partial charge on any atom is -0.461 e. The van der Waals surface area contributed by atoms with E-state index in [2.05, 4.69) is 9.72 Å². The van der Waals surface area contributed by atoms with Gasteiger partial charge in [0.2, 0.25) is 0 Å². The molecule has 0 fully saturated rings. The van der Waals surface area contributed by atoms with Crippen LogP contribution >= 0.6 is 0 Å². The van der Waals surface area contributed by atoms with Crippen molar-refractivity contribution in [3.63, 3.8) is 0 Å². The number of halogens is 2. The Morgan fingerprint density at radius 1 is 1.53 bits per heavy atom. The summed E-state index contributed by atoms with van der Waals surface area (Å²) in [5, 5.41) is 0. The van der Waals surface area contributed by atoms with Crippen LogP contribution in [-0.2, 0) is 4.74 Å². The van der Waals surface area contributed by atoms with E-state index < -0.39 is 18.1 Å². The number of aromatic nitrogens is 1.